The Balaban J connectivity index is 1.46. The fourth-order valence-electron chi connectivity index (χ4n) is 5.24. The highest BCUT2D eigenvalue weighted by atomic mass is 19.2. The minimum absolute atomic E-state index is 0.152. The molecule has 0 spiro atoms. The molecule has 2 aliphatic heterocycles. The van der Waals surface area contributed by atoms with Crippen LogP contribution in [0, 0.1) is 17.5 Å². The van der Waals surface area contributed by atoms with Crippen molar-refractivity contribution in [3.05, 3.63) is 72.3 Å². The number of aromatic nitrogens is 2. The molecule has 0 radical (unpaired) electrons. The van der Waals surface area contributed by atoms with Crippen molar-refractivity contribution < 1.29 is 27.5 Å². The number of ether oxygens (including phenoxy) is 1. The highest BCUT2D eigenvalue weighted by Crippen LogP contribution is 2.41. The van der Waals surface area contributed by atoms with E-state index in [0.717, 1.165) is 37.3 Å². The molecule has 2 unspecified atom stereocenters. The average molecular weight is 584 g/mol. The summed E-state index contributed by atoms with van der Waals surface area (Å²) in [5, 5.41) is 7.31. The van der Waals surface area contributed by atoms with Crippen LogP contribution in [-0.2, 0) is 9.63 Å². The van der Waals surface area contributed by atoms with E-state index in [1.165, 1.54) is 30.6 Å². The first-order valence-corrected chi connectivity index (χ1v) is 13.4. The lowest BCUT2D eigenvalue weighted by atomic mass is 10.0. The Bertz CT molecular complexity index is 1490. The largest absolute Gasteiger partial charge is 0.494 e. The highest BCUT2D eigenvalue weighted by molar-refractivity contribution is 6.02. The molecular formula is C29H32F3N7O3. The van der Waals surface area contributed by atoms with E-state index in [0.29, 0.717) is 29.0 Å². The summed E-state index contributed by atoms with van der Waals surface area (Å²) in [6, 6.07) is 6.18. The lowest BCUT2D eigenvalue weighted by Crippen LogP contribution is -2.31. The van der Waals surface area contributed by atoms with Crippen molar-refractivity contribution in [1.29, 1.82) is 0 Å². The summed E-state index contributed by atoms with van der Waals surface area (Å²) in [6.07, 6.45) is 3.65. The van der Waals surface area contributed by atoms with E-state index in [2.05, 4.69) is 37.0 Å². The second kappa shape index (κ2) is 12.2. The number of carbonyl (C=O) groups is 1. The summed E-state index contributed by atoms with van der Waals surface area (Å²) in [6.45, 7) is 5.29. The Morgan fingerprint density at radius 3 is 2.64 bits per heavy atom. The van der Waals surface area contributed by atoms with Gasteiger partial charge in [0.2, 0.25) is 5.91 Å². The van der Waals surface area contributed by atoms with Gasteiger partial charge in [-0.1, -0.05) is 6.58 Å². The van der Waals surface area contributed by atoms with Crippen LogP contribution in [0.5, 0.6) is 5.75 Å². The Morgan fingerprint density at radius 2 is 1.93 bits per heavy atom. The molecule has 1 aromatic heterocycles. The summed E-state index contributed by atoms with van der Waals surface area (Å²) in [5.74, 6) is -2.64. The van der Waals surface area contributed by atoms with Gasteiger partial charge in [0.25, 0.3) is 0 Å². The Kier molecular flexibility index (Phi) is 8.50. The third-order valence-electron chi connectivity index (χ3n) is 7.45. The Labute approximate surface area is 241 Å². The number of nitrogens with zero attached hydrogens (tertiary/aromatic N) is 5. The minimum Gasteiger partial charge on any atom is -0.494 e. The highest BCUT2D eigenvalue weighted by Gasteiger charge is 2.34. The van der Waals surface area contributed by atoms with Gasteiger partial charge in [0.05, 0.1) is 42.4 Å². The van der Waals surface area contributed by atoms with Crippen molar-refractivity contribution in [3.63, 3.8) is 0 Å². The molecule has 2 aromatic carbocycles. The van der Waals surface area contributed by atoms with E-state index < -0.39 is 29.1 Å². The molecule has 0 bridgehead atoms. The molecule has 2 atom stereocenters. The van der Waals surface area contributed by atoms with Crippen LogP contribution in [0.1, 0.15) is 24.4 Å². The molecule has 5 rings (SSSR count). The van der Waals surface area contributed by atoms with Gasteiger partial charge < -0.3 is 25.2 Å². The van der Waals surface area contributed by atoms with E-state index in [4.69, 9.17) is 9.57 Å². The number of hydroxylamine groups is 1. The van der Waals surface area contributed by atoms with Crippen LogP contribution in [0.3, 0.4) is 0 Å². The molecule has 13 heteroatoms. The quantitative estimate of drug-likeness (QED) is 0.272. The van der Waals surface area contributed by atoms with Crippen molar-refractivity contribution in [2.45, 2.75) is 24.9 Å². The normalized spacial score (nSPS) is 18.5. The minimum atomic E-state index is -1.27. The van der Waals surface area contributed by atoms with Gasteiger partial charge >= 0.3 is 0 Å². The van der Waals surface area contributed by atoms with Crippen molar-refractivity contribution in [1.82, 2.24) is 14.9 Å². The summed E-state index contributed by atoms with van der Waals surface area (Å²) in [4.78, 5) is 30.8. The van der Waals surface area contributed by atoms with Crippen molar-refractivity contribution in [3.8, 4) is 5.75 Å². The smallest absolute Gasteiger partial charge is 0.247 e. The van der Waals surface area contributed by atoms with Crippen LogP contribution in [0.15, 0.2) is 49.3 Å². The number of likely N-dealkylation sites (N-methyl/N-ethyl adjacent to an activating group) is 1. The molecule has 222 valence electrons. The average Bonchev–Trinajstić information content (AvgIpc) is 3.66. The maximum Gasteiger partial charge on any atom is 0.247 e. The van der Waals surface area contributed by atoms with E-state index >= 15 is 0 Å². The van der Waals surface area contributed by atoms with Crippen LogP contribution in [0.2, 0.25) is 0 Å². The first kappa shape index (κ1) is 29.1. The van der Waals surface area contributed by atoms with Gasteiger partial charge in [0.1, 0.15) is 23.7 Å². The van der Waals surface area contributed by atoms with Crippen LogP contribution >= 0.6 is 0 Å². The fraction of sp³-hybridized carbons (Fsp3) is 0.345. The second-order valence-corrected chi connectivity index (χ2v) is 10.2. The number of anilines is 5. The van der Waals surface area contributed by atoms with E-state index in [1.54, 1.807) is 6.07 Å². The topological polar surface area (TPSA) is 95.1 Å². The number of hydrogen-bond acceptors (Lipinski definition) is 9. The zero-order valence-corrected chi connectivity index (χ0v) is 23.5. The molecule has 2 saturated heterocycles. The SMILES string of the molecule is C=CC(=O)Nc1cc(Nc2cc(N3OCCC3c3c(F)ccc(F)c3F)ncn2)c(OC)cc1N1CCC(N(C)C)C1. The Hall–Kier alpha value is -4.36. The second-order valence-electron chi connectivity index (χ2n) is 10.2. The monoisotopic (exact) mass is 583 g/mol. The van der Waals surface area contributed by atoms with Gasteiger partial charge in [-0.25, -0.2) is 28.2 Å². The summed E-state index contributed by atoms with van der Waals surface area (Å²) >= 11 is 0. The number of rotatable bonds is 9. The predicted molar refractivity (Wildman–Crippen MR) is 154 cm³/mol. The van der Waals surface area contributed by atoms with Crippen molar-refractivity contribution >= 4 is 34.6 Å². The van der Waals surface area contributed by atoms with Gasteiger partial charge in [0, 0.05) is 37.7 Å². The number of benzene rings is 2. The molecular weight excluding hydrogens is 551 g/mol. The molecule has 0 saturated carbocycles. The lowest BCUT2D eigenvalue weighted by Gasteiger charge is -2.26. The maximum absolute atomic E-state index is 14.6. The molecule has 2 aliphatic rings. The third kappa shape index (κ3) is 5.83. The predicted octanol–water partition coefficient (Wildman–Crippen LogP) is 4.79. The number of nitrogens with one attached hydrogen (secondary N) is 2. The van der Waals surface area contributed by atoms with E-state index in [9.17, 15) is 18.0 Å². The van der Waals surface area contributed by atoms with Crippen molar-refractivity contribution in [2.75, 3.05) is 61.5 Å². The summed E-state index contributed by atoms with van der Waals surface area (Å²) < 4.78 is 48.8. The molecule has 2 N–H and O–H groups in total. The number of methoxy groups -OCH3 is 1. The summed E-state index contributed by atoms with van der Waals surface area (Å²) in [5.41, 5.74) is 1.42. The fourth-order valence-corrected chi connectivity index (χ4v) is 5.24. The maximum atomic E-state index is 14.6. The third-order valence-corrected chi connectivity index (χ3v) is 7.45. The van der Waals surface area contributed by atoms with Crippen LogP contribution in [0.4, 0.5) is 41.9 Å². The number of halogens is 3. The van der Waals surface area contributed by atoms with Crippen LogP contribution in [0.25, 0.3) is 0 Å². The molecule has 3 heterocycles. The van der Waals surface area contributed by atoms with E-state index in [1.807, 2.05) is 20.2 Å². The zero-order valence-electron chi connectivity index (χ0n) is 23.5. The molecule has 0 aliphatic carbocycles. The Morgan fingerprint density at radius 1 is 1.14 bits per heavy atom. The first-order chi connectivity index (χ1) is 20.2. The zero-order chi connectivity index (χ0) is 30.0. The summed E-state index contributed by atoms with van der Waals surface area (Å²) in [7, 11) is 5.62. The van der Waals surface area contributed by atoms with Gasteiger partial charge in [-0.2, -0.15) is 0 Å². The van der Waals surface area contributed by atoms with Gasteiger partial charge in [0.15, 0.2) is 17.5 Å². The lowest BCUT2D eigenvalue weighted by molar-refractivity contribution is -0.111. The van der Waals surface area contributed by atoms with Crippen LogP contribution < -0.4 is 25.3 Å². The van der Waals surface area contributed by atoms with E-state index in [-0.39, 0.29) is 24.8 Å². The number of carbonyl (C=O) groups excluding carboxylic acids is 1. The molecule has 10 nitrogen and oxygen atoms in total. The van der Waals surface area contributed by atoms with Crippen molar-refractivity contribution in [2.24, 2.45) is 0 Å². The van der Waals surface area contributed by atoms with Gasteiger partial charge in [-0.3, -0.25) is 9.63 Å². The number of amides is 1. The molecule has 2 fully saturated rings. The van der Waals surface area contributed by atoms with Gasteiger partial charge in [-0.05, 0) is 44.8 Å². The first-order valence-electron chi connectivity index (χ1n) is 13.4. The molecule has 42 heavy (non-hydrogen) atoms. The van der Waals surface area contributed by atoms with Crippen LogP contribution in [-0.4, -0.2) is 67.7 Å². The standard InChI is InChI=1S/C29H32F3N7O3/c1-5-27(40)36-20-12-21(24(41-4)13-23(20)38-10-8-17(15-38)37(2)3)35-25-14-26(34-16-33-25)39-22(9-11-42-39)28-18(30)6-7-19(31)29(28)32/h5-7,12-14,16-17,22H,1,8-11,15H2,2-4H3,(H,36,40)(H,33,34,35). The number of hydrogen-bond donors (Lipinski definition) is 2. The van der Waals surface area contributed by atoms with Gasteiger partial charge in [-0.15, -0.1) is 0 Å². The molecule has 3 aromatic rings. The molecule has 1 amide bonds.